The van der Waals surface area contributed by atoms with E-state index >= 15 is 0 Å². The fraction of sp³-hybridized carbons (Fsp3) is 0.649. The molecule has 0 radical (unpaired) electrons. The Hall–Kier alpha value is -1.25. The smallest absolute Gasteiger partial charge is 0.317 e. The van der Waals surface area contributed by atoms with E-state index in [-0.39, 0.29) is 0 Å². The summed E-state index contributed by atoms with van der Waals surface area (Å²) in [5.41, 5.74) is 3.55. The summed E-state index contributed by atoms with van der Waals surface area (Å²) in [5, 5.41) is 6.50. The Balaban J connectivity index is 2.05. The number of rotatable bonds is 23. The van der Waals surface area contributed by atoms with E-state index in [0.717, 1.165) is 73.1 Å². The predicted octanol–water partition coefficient (Wildman–Crippen LogP) is 9.09. The molecule has 0 fully saturated rings. The summed E-state index contributed by atoms with van der Waals surface area (Å²) in [4.78, 5) is 2.26. The first-order valence-electron chi connectivity index (χ1n) is 18.6. The molecule has 284 valence electrons. The summed E-state index contributed by atoms with van der Waals surface area (Å²) in [7, 11) is -0.169. The second-order valence-electron chi connectivity index (χ2n) is 17.6. The van der Waals surface area contributed by atoms with Gasteiger partial charge in [-0.1, -0.05) is 42.5 Å². The Morgan fingerprint density at radius 2 is 1.18 bits per heavy atom. The topological polar surface area (TPSA) is 55.8 Å². The molecule has 0 spiro atoms. The van der Waals surface area contributed by atoms with Crippen LogP contribution in [0.3, 0.4) is 0 Å². The average molecular weight is 778 g/mol. The van der Waals surface area contributed by atoms with E-state index in [1.165, 1.54) is 5.56 Å². The Labute approximate surface area is 312 Å². The van der Waals surface area contributed by atoms with E-state index in [1.54, 1.807) is 0 Å². The summed E-state index contributed by atoms with van der Waals surface area (Å²) in [6, 6.07) is 21.0. The molecule has 0 aromatic heterocycles. The van der Waals surface area contributed by atoms with Crippen LogP contribution in [0.15, 0.2) is 59.7 Å². The SMILES string of the molecule is CN(C)CCC[Si](C)(O[Si](C)(C)C)O[Si](C)(CCC[N+](C)(C)CCCc1ccc(C=NN(C)c2ccccc2)cc1)O[Si](C)(C)O[Si](C)(C)C. The molecule has 2 aromatic carbocycles. The van der Waals surface area contributed by atoms with Gasteiger partial charge in [-0.05, 0) is 141 Å². The number of aryl methyl sites for hydroxylation is 1. The Morgan fingerprint density at radius 3 is 1.74 bits per heavy atom. The van der Waals surface area contributed by atoms with Crippen molar-refractivity contribution in [2.24, 2.45) is 5.10 Å². The molecule has 50 heavy (non-hydrogen) atoms. The number of hydrogen-bond donors (Lipinski definition) is 0. The lowest BCUT2D eigenvalue weighted by molar-refractivity contribution is -0.890. The molecule has 2 rings (SSSR count). The highest BCUT2D eigenvalue weighted by atomic mass is 28.5. The molecule has 13 heteroatoms. The molecule has 8 nitrogen and oxygen atoms in total. The van der Waals surface area contributed by atoms with E-state index in [0.29, 0.717) is 0 Å². The standard InChI is InChI=1S/C37H73N4O4Si5/c1-39(2)29-20-32-49(14,43-47(9,10)11)45-50(15,44-48(12,13)42-46(6,7)8)33-21-31-41(4,5)30-19-22-35-25-27-36(28-26-35)34-38-40(3)37-23-17-16-18-24-37/h16-18,23-28,34H,19-22,29-33H2,1-15H3/q+1. The van der Waals surface area contributed by atoms with Gasteiger partial charge in [0.15, 0.2) is 16.6 Å². The maximum absolute atomic E-state index is 7.35. The molecule has 0 N–H and O–H groups in total. The highest BCUT2D eigenvalue weighted by Crippen LogP contribution is 2.32. The van der Waals surface area contributed by atoms with Crippen LogP contribution in [0.25, 0.3) is 0 Å². The van der Waals surface area contributed by atoms with Crippen LogP contribution in [0, 0.1) is 0 Å². The maximum Gasteiger partial charge on any atom is 0.317 e. The number of hydrazone groups is 1. The zero-order chi connectivity index (χ0) is 37.9. The van der Waals surface area contributed by atoms with Crippen molar-refractivity contribution in [1.82, 2.24) is 4.90 Å². The minimum Gasteiger partial charge on any atom is -0.437 e. The molecule has 0 heterocycles. The lowest BCUT2D eigenvalue weighted by atomic mass is 10.1. The number of nitrogens with zero attached hydrogens (tertiary/aromatic N) is 4. The molecule has 0 aliphatic rings. The van der Waals surface area contributed by atoms with Gasteiger partial charge in [0.2, 0.25) is 0 Å². The first kappa shape index (κ1) is 44.9. The second-order valence-corrected chi connectivity index (χ2v) is 37.7. The number of benzene rings is 2. The molecule has 0 aliphatic heterocycles. The van der Waals surface area contributed by atoms with Gasteiger partial charge in [-0.15, -0.1) is 0 Å². The first-order chi connectivity index (χ1) is 22.9. The monoisotopic (exact) mass is 777 g/mol. The third-order valence-electron chi connectivity index (χ3n) is 8.32. The van der Waals surface area contributed by atoms with Crippen LogP contribution >= 0.6 is 0 Å². The van der Waals surface area contributed by atoms with E-state index < -0.39 is 42.3 Å². The van der Waals surface area contributed by atoms with Crippen molar-refractivity contribution in [2.75, 3.05) is 59.9 Å². The van der Waals surface area contributed by atoms with Gasteiger partial charge in [0.25, 0.3) is 0 Å². The highest BCUT2D eigenvalue weighted by molar-refractivity contribution is 6.90. The summed E-state index contributed by atoms with van der Waals surface area (Å²) >= 11 is 0. The zero-order valence-corrected chi connectivity index (χ0v) is 39.6. The predicted molar refractivity (Wildman–Crippen MR) is 228 cm³/mol. The van der Waals surface area contributed by atoms with Crippen molar-refractivity contribution in [3.8, 4) is 0 Å². The maximum atomic E-state index is 7.35. The van der Waals surface area contributed by atoms with E-state index in [4.69, 9.17) is 16.5 Å². The Bertz CT molecular complexity index is 1300. The van der Waals surface area contributed by atoms with Gasteiger partial charge in [-0.3, -0.25) is 5.01 Å². The second kappa shape index (κ2) is 19.2. The fourth-order valence-corrected chi connectivity index (χ4v) is 30.4. The van der Waals surface area contributed by atoms with E-state index in [2.05, 4.69) is 140 Å². The molecule has 2 atom stereocenters. The van der Waals surface area contributed by atoms with Crippen molar-refractivity contribution >= 4 is 54.2 Å². The summed E-state index contributed by atoms with van der Waals surface area (Å²) < 4.78 is 29.2. The highest BCUT2D eigenvalue weighted by Gasteiger charge is 2.48. The van der Waals surface area contributed by atoms with Crippen LogP contribution in [-0.4, -0.2) is 113 Å². The largest absolute Gasteiger partial charge is 0.437 e. The average Bonchev–Trinajstić information content (AvgIpc) is 2.93. The molecular weight excluding hydrogens is 705 g/mol. The van der Waals surface area contributed by atoms with Crippen molar-refractivity contribution in [3.05, 3.63) is 65.7 Å². The first-order valence-corrected chi connectivity index (χ1v) is 33.3. The number of anilines is 1. The Morgan fingerprint density at radius 1 is 0.640 bits per heavy atom. The molecule has 0 aliphatic carbocycles. The quantitative estimate of drug-likeness (QED) is 0.0486. The summed E-state index contributed by atoms with van der Waals surface area (Å²) in [5.74, 6) is 0. The third-order valence-corrected chi connectivity index (χ3v) is 26.6. The molecular formula is C37H73N4O4Si5+. The summed E-state index contributed by atoms with van der Waals surface area (Å²) in [6.07, 6.45) is 6.27. The number of para-hydroxylation sites is 1. The summed E-state index contributed by atoms with van der Waals surface area (Å²) in [6.45, 7) is 25.9. The van der Waals surface area contributed by atoms with Gasteiger partial charge in [0, 0.05) is 13.5 Å². The van der Waals surface area contributed by atoms with Crippen molar-refractivity contribution in [2.45, 2.75) is 103 Å². The molecule has 0 saturated carbocycles. The van der Waals surface area contributed by atoms with Crippen molar-refractivity contribution in [3.63, 3.8) is 0 Å². The molecule has 2 aromatic rings. The van der Waals surface area contributed by atoms with Crippen LogP contribution in [0.5, 0.6) is 0 Å². The lowest BCUT2D eigenvalue weighted by Gasteiger charge is -2.44. The van der Waals surface area contributed by atoms with E-state index in [9.17, 15) is 0 Å². The minimum absolute atomic E-state index is 0.952. The Kier molecular flexibility index (Phi) is 17.2. The van der Waals surface area contributed by atoms with Gasteiger partial charge in [-0.25, -0.2) is 0 Å². The number of quaternary nitrogens is 1. The van der Waals surface area contributed by atoms with Gasteiger partial charge in [0.05, 0.1) is 39.1 Å². The van der Waals surface area contributed by atoms with Gasteiger partial charge >= 0.3 is 25.7 Å². The molecule has 0 saturated heterocycles. The van der Waals surface area contributed by atoms with Crippen LogP contribution in [0.2, 0.25) is 77.6 Å². The third kappa shape index (κ3) is 19.0. The van der Waals surface area contributed by atoms with Crippen molar-refractivity contribution < 1.29 is 20.9 Å². The normalized spacial score (nSPS) is 15.8. The zero-order valence-electron chi connectivity index (χ0n) is 34.6. The van der Waals surface area contributed by atoms with Crippen LogP contribution < -0.4 is 5.01 Å². The van der Waals surface area contributed by atoms with Crippen LogP contribution in [0.4, 0.5) is 5.69 Å². The molecule has 2 unspecified atom stereocenters. The van der Waals surface area contributed by atoms with Gasteiger partial charge in [0.1, 0.15) is 0 Å². The van der Waals surface area contributed by atoms with E-state index in [1.807, 2.05) is 36.5 Å². The lowest BCUT2D eigenvalue weighted by Crippen LogP contribution is -2.60. The fourth-order valence-electron chi connectivity index (χ4n) is 6.63. The van der Waals surface area contributed by atoms with Crippen LogP contribution in [0.1, 0.15) is 30.4 Å². The van der Waals surface area contributed by atoms with Crippen molar-refractivity contribution in [1.29, 1.82) is 0 Å². The van der Waals surface area contributed by atoms with Gasteiger partial charge in [-0.2, -0.15) is 5.10 Å². The van der Waals surface area contributed by atoms with Gasteiger partial charge < -0.3 is 25.8 Å². The minimum atomic E-state index is -2.64. The van der Waals surface area contributed by atoms with Crippen LogP contribution in [-0.2, 0) is 22.9 Å². The molecule has 0 bridgehead atoms. The number of hydrogen-bond acceptors (Lipinski definition) is 7. The molecule has 0 amide bonds.